The third-order valence-corrected chi connectivity index (χ3v) is 4.47. The summed E-state index contributed by atoms with van der Waals surface area (Å²) in [5, 5.41) is 9.15. The van der Waals surface area contributed by atoms with Crippen LogP contribution in [0.2, 0.25) is 0 Å². The molecule has 18 heavy (non-hydrogen) atoms. The third kappa shape index (κ3) is 2.22. The second kappa shape index (κ2) is 4.40. The molecule has 0 amide bonds. The molecule has 1 N–H and O–H groups in total. The van der Waals surface area contributed by atoms with Crippen LogP contribution < -0.4 is 0 Å². The number of carbonyl (C=O) groups is 1. The first-order valence-corrected chi connectivity index (χ1v) is 6.16. The molecule has 0 unspecified atom stereocenters. The van der Waals surface area contributed by atoms with Gasteiger partial charge in [-0.15, -0.1) is 0 Å². The molecule has 1 heterocycles. The lowest BCUT2D eigenvalue weighted by Crippen LogP contribution is -2.44. The molecule has 1 aliphatic heterocycles. The van der Waals surface area contributed by atoms with Crippen molar-refractivity contribution in [2.45, 2.75) is 45.1 Å². The highest BCUT2D eigenvalue weighted by Crippen LogP contribution is 2.50. The number of hydrogen-bond donors (Lipinski definition) is 1. The fourth-order valence-corrected chi connectivity index (χ4v) is 3.35. The number of alkyl halides is 3. The van der Waals surface area contributed by atoms with Crippen LogP contribution in [0, 0.1) is 23.7 Å². The van der Waals surface area contributed by atoms with Gasteiger partial charge in [0, 0.05) is 5.92 Å². The molecule has 2 fully saturated rings. The number of halogens is 3. The zero-order valence-electron chi connectivity index (χ0n) is 10.3. The maximum atomic E-state index is 12.8. The Labute approximate surface area is 103 Å². The van der Waals surface area contributed by atoms with Gasteiger partial charge in [-0.1, -0.05) is 6.92 Å². The number of carboxylic acid groups (broad SMARTS) is 1. The minimum Gasteiger partial charge on any atom is -0.481 e. The maximum Gasteiger partial charge on any atom is 0.391 e. The second-order valence-corrected chi connectivity index (χ2v) is 5.47. The summed E-state index contributed by atoms with van der Waals surface area (Å²) in [7, 11) is 0. The maximum absolute atomic E-state index is 12.8. The molecule has 0 spiro atoms. The van der Waals surface area contributed by atoms with Crippen LogP contribution in [0.5, 0.6) is 0 Å². The quantitative estimate of drug-likeness (QED) is 0.793. The average molecular weight is 266 g/mol. The molecule has 104 valence electrons. The minimum atomic E-state index is -4.34. The van der Waals surface area contributed by atoms with Gasteiger partial charge >= 0.3 is 12.1 Å². The van der Waals surface area contributed by atoms with Crippen LogP contribution in [0.3, 0.4) is 0 Å². The summed E-state index contributed by atoms with van der Waals surface area (Å²) in [6, 6.07) is 0. The van der Waals surface area contributed by atoms with Gasteiger partial charge in [0.1, 0.15) is 0 Å². The van der Waals surface area contributed by atoms with Crippen LogP contribution in [-0.2, 0) is 9.53 Å². The number of aliphatic carboxylic acids is 1. The highest BCUT2D eigenvalue weighted by atomic mass is 19.4. The highest BCUT2D eigenvalue weighted by molar-refractivity contribution is 5.70. The lowest BCUT2D eigenvalue weighted by molar-refractivity contribution is -0.202. The van der Waals surface area contributed by atoms with Crippen LogP contribution >= 0.6 is 0 Å². The van der Waals surface area contributed by atoms with Gasteiger partial charge in [-0.25, -0.2) is 0 Å². The van der Waals surface area contributed by atoms with E-state index in [4.69, 9.17) is 9.84 Å². The molecule has 1 saturated heterocycles. The van der Waals surface area contributed by atoms with Gasteiger partial charge in [-0.2, -0.15) is 13.2 Å². The number of fused-ring (bicyclic) bond motifs is 1. The average Bonchev–Trinajstić information content (AvgIpc) is 2.52. The lowest BCUT2D eigenvalue weighted by atomic mass is 9.68. The minimum absolute atomic E-state index is 0.00900. The zero-order chi connectivity index (χ0) is 13.7. The van der Waals surface area contributed by atoms with Crippen molar-refractivity contribution in [3.63, 3.8) is 0 Å². The summed E-state index contributed by atoms with van der Waals surface area (Å²) in [6.07, 6.45) is -5.50. The molecule has 2 aliphatic rings. The Hall–Kier alpha value is -0.780. The summed E-state index contributed by atoms with van der Waals surface area (Å²) in [5.41, 5.74) is 0. The van der Waals surface area contributed by atoms with Crippen molar-refractivity contribution in [2.75, 3.05) is 0 Å². The van der Waals surface area contributed by atoms with E-state index in [0.717, 1.165) is 0 Å². The Bertz CT molecular complexity index is 342. The van der Waals surface area contributed by atoms with Crippen LogP contribution in [0.1, 0.15) is 26.7 Å². The van der Waals surface area contributed by atoms with Gasteiger partial charge in [-0.3, -0.25) is 4.79 Å². The number of rotatable bonds is 1. The van der Waals surface area contributed by atoms with E-state index in [1.54, 1.807) is 6.92 Å². The molecular formula is C12H17F3O3. The monoisotopic (exact) mass is 266 g/mol. The van der Waals surface area contributed by atoms with Crippen molar-refractivity contribution in [3.8, 4) is 0 Å². The van der Waals surface area contributed by atoms with Crippen molar-refractivity contribution in [1.29, 1.82) is 0 Å². The molecule has 3 nitrogen and oxygen atoms in total. The smallest absolute Gasteiger partial charge is 0.391 e. The summed E-state index contributed by atoms with van der Waals surface area (Å²) in [5.74, 6) is -3.95. The number of carboxylic acids is 1. The van der Waals surface area contributed by atoms with E-state index in [1.807, 2.05) is 6.92 Å². The molecule has 2 rings (SSSR count). The van der Waals surface area contributed by atoms with E-state index in [2.05, 4.69) is 0 Å². The summed E-state index contributed by atoms with van der Waals surface area (Å²) in [6.45, 7) is 3.66. The van der Waals surface area contributed by atoms with Crippen molar-refractivity contribution in [3.05, 3.63) is 0 Å². The largest absolute Gasteiger partial charge is 0.481 e. The topological polar surface area (TPSA) is 46.5 Å². The summed E-state index contributed by atoms with van der Waals surface area (Å²) >= 11 is 0. The van der Waals surface area contributed by atoms with Gasteiger partial charge in [-0.05, 0) is 25.7 Å². The van der Waals surface area contributed by atoms with Gasteiger partial charge in [0.05, 0.1) is 24.0 Å². The molecule has 1 aliphatic carbocycles. The Balaban J connectivity index is 2.24. The van der Waals surface area contributed by atoms with Gasteiger partial charge in [0.2, 0.25) is 0 Å². The normalized spacial score (nSPS) is 44.7. The first-order chi connectivity index (χ1) is 8.21. The van der Waals surface area contributed by atoms with E-state index in [-0.39, 0.29) is 30.8 Å². The predicted octanol–water partition coefficient (Wildman–Crippen LogP) is 2.70. The van der Waals surface area contributed by atoms with E-state index < -0.39 is 30.1 Å². The molecule has 0 aromatic heterocycles. The van der Waals surface area contributed by atoms with Gasteiger partial charge < -0.3 is 9.84 Å². The SMILES string of the molecule is C[C@@H]1[C@H]2[C@@H](C(=O)O)C[C@@H](C(F)(F)F)C[C@H]2O[C@H]1C. The Morgan fingerprint density at radius 2 is 1.89 bits per heavy atom. The van der Waals surface area contributed by atoms with Crippen molar-refractivity contribution in [2.24, 2.45) is 23.7 Å². The Morgan fingerprint density at radius 3 is 2.39 bits per heavy atom. The summed E-state index contributed by atoms with van der Waals surface area (Å²) < 4.78 is 43.9. The van der Waals surface area contributed by atoms with Crippen molar-refractivity contribution < 1.29 is 27.8 Å². The lowest BCUT2D eigenvalue weighted by Gasteiger charge is -2.37. The van der Waals surface area contributed by atoms with Crippen LogP contribution in [0.15, 0.2) is 0 Å². The molecule has 1 saturated carbocycles. The molecule has 0 aromatic rings. The highest BCUT2D eigenvalue weighted by Gasteiger charge is 2.55. The summed E-state index contributed by atoms with van der Waals surface area (Å²) in [4.78, 5) is 11.2. The molecule has 0 radical (unpaired) electrons. The van der Waals surface area contributed by atoms with E-state index in [9.17, 15) is 18.0 Å². The third-order valence-electron chi connectivity index (χ3n) is 4.47. The number of ether oxygens (including phenoxy) is 1. The van der Waals surface area contributed by atoms with Gasteiger partial charge in [0.15, 0.2) is 0 Å². The van der Waals surface area contributed by atoms with E-state index >= 15 is 0 Å². The van der Waals surface area contributed by atoms with E-state index in [1.165, 1.54) is 0 Å². The molecule has 6 heteroatoms. The van der Waals surface area contributed by atoms with Crippen LogP contribution in [-0.4, -0.2) is 29.5 Å². The van der Waals surface area contributed by atoms with Crippen molar-refractivity contribution in [1.82, 2.24) is 0 Å². The van der Waals surface area contributed by atoms with Gasteiger partial charge in [0.25, 0.3) is 0 Å². The molecule has 0 aromatic carbocycles. The Kier molecular flexibility index (Phi) is 3.34. The van der Waals surface area contributed by atoms with Crippen LogP contribution in [0.25, 0.3) is 0 Å². The first kappa shape index (κ1) is 13.6. The van der Waals surface area contributed by atoms with Crippen molar-refractivity contribution >= 4 is 5.97 Å². The fourth-order valence-electron chi connectivity index (χ4n) is 3.35. The molecular weight excluding hydrogens is 249 g/mol. The van der Waals surface area contributed by atoms with E-state index in [0.29, 0.717) is 0 Å². The zero-order valence-corrected chi connectivity index (χ0v) is 10.3. The molecule has 6 atom stereocenters. The number of hydrogen-bond acceptors (Lipinski definition) is 2. The Morgan fingerprint density at radius 1 is 1.28 bits per heavy atom. The van der Waals surface area contributed by atoms with Crippen LogP contribution in [0.4, 0.5) is 13.2 Å². The fraction of sp³-hybridized carbons (Fsp3) is 0.917. The first-order valence-electron chi connectivity index (χ1n) is 6.16. The second-order valence-electron chi connectivity index (χ2n) is 5.47. The predicted molar refractivity (Wildman–Crippen MR) is 56.9 cm³/mol. The molecule has 0 bridgehead atoms. The standard InChI is InChI=1S/C12H17F3O3/c1-5-6(2)18-9-4-7(12(13,14)15)3-8(10(5)9)11(16)17/h5-10H,3-4H2,1-2H3,(H,16,17)/t5-,6-,7+,8-,9+,10-/m0/s1.